The Labute approximate surface area is 137 Å². The lowest BCUT2D eigenvalue weighted by Gasteiger charge is -2.38. The van der Waals surface area contributed by atoms with E-state index < -0.39 is 0 Å². The predicted molar refractivity (Wildman–Crippen MR) is 93.1 cm³/mol. The summed E-state index contributed by atoms with van der Waals surface area (Å²) < 4.78 is 5.34. The number of anilines is 1. The predicted octanol–water partition coefficient (Wildman–Crippen LogP) is 2.07. The van der Waals surface area contributed by atoms with Crippen LogP contribution in [0.1, 0.15) is 6.92 Å². The summed E-state index contributed by atoms with van der Waals surface area (Å²) in [6.45, 7) is 7.98. The van der Waals surface area contributed by atoms with Gasteiger partial charge in [0.1, 0.15) is 0 Å². The fourth-order valence-electron chi connectivity index (χ4n) is 2.58. The minimum absolute atomic E-state index is 0.703. The molecule has 22 heavy (non-hydrogen) atoms. The molecule has 1 aliphatic heterocycles. The molecule has 0 aromatic heterocycles. The largest absolute Gasteiger partial charge is 0.380 e. The quantitative estimate of drug-likeness (QED) is 0.511. The Morgan fingerprint density at radius 2 is 2.00 bits per heavy atom. The normalized spacial score (nSPS) is 16.0. The van der Waals surface area contributed by atoms with E-state index >= 15 is 0 Å². The Balaban J connectivity index is 1.84. The van der Waals surface area contributed by atoms with E-state index in [4.69, 9.17) is 16.3 Å². The van der Waals surface area contributed by atoms with Crippen molar-refractivity contribution in [1.29, 1.82) is 0 Å². The van der Waals surface area contributed by atoms with Gasteiger partial charge in [-0.3, -0.25) is 4.99 Å². The number of halogens is 1. The average molecular weight is 325 g/mol. The molecule has 0 aliphatic carbocycles. The van der Waals surface area contributed by atoms with Gasteiger partial charge in [-0.05, 0) is 19.1 Å². The number of hydrogen-bond donors (Lipinski definition) is 1. The van der Waals surface area contributed by atoms with Crippen LogP contribution in [0.25, 0.3) is 0 Å². The molecule has 1 aliphatic rings. The molecule has 1 aromatic carbocycles. The summed E-state index contributed by atoms with van der Waals surface area (Å²) in [4.78, 5) is 8.96. The second-order valence-electron chi connectivity index (χ2n) is 5.10. The van der Waals surface area contributed by atoms with E-state index in [1.54, 1.807) is 0 Å². The molecule has 1 aromatic rings. The van der Waals surface area contributed by atoms with Crippen LogP contribution in [-0.4, -0.2) is 63.8 Å². The lowest BCUT2D eigenvalue weighted by molar-refractivity contribution is 0.151. The van der Waals surface area contributed by atoms with Gasteiger partial charge in [-0.15, -0.1) is 0 Å². The highest BCUT2D eigenvalue weighted by atomic mass is 35.5. The van der Waals surface area contributed by atoms with E-state index in [0.717, 1.165) is 56.0 Å². The van der Waals surface area contributed by atoms with Gasteiger partial charge in [-0.25, -0.2) is 0 Å². The van der Waals surface area contributed by atoms with Crippen molar-refractivity contribution < 1.29 is 4.74 Å². The molecule has 0 unspecified atom stereocenters. The summed E-state index contributed by atoms with van der Waals surface area (Å²) in [7, 11) is 1.82. The zero-order valence-electron chi connectivity index (χ0n) is 13.4. The minimum atomic E-state index is 0.703. The van der Waals surface area contributed by atoms with Crippen LogP contribution in [0.15, 0.2) is 29.3 Å². The second kappa shape index (κ2) is 8.86. The van der Waals surface area contributed by atoms with Crippen molar-refractivity contribution in [2.75, 3.05) is 57.9 Å². The molecule has 0 amide bonds. The Hall–Kier alpha value is -1.46. The lowest BCUT2D eigenvalue weighted by Crippen LogP contribution is -2.53. The number of piperazine rings is 1. The molecule has 0 spiro atoms. The van der Waals surface area contributed by atoms with E-state index in [-0.39, 0.29) is 0 Å². The fraction of sp³-hybridized carbons (Fsp3) is 0.562. The van der Waals surface area contributed by atoms with Crippen molar-refractivity contribution in [3.8, 4) is 0 Å². The zero-order chi connectivity index (χ0) is 15.8. The summed E-state index contributed by atoms with van der Waals surface area (Å²) >= 11 is 6.28. The van der Waals surface area contributed by atoms with E-state index in [1.807, 2.05) is 32.2 Å². The molecule has 0 atom stereocenters. The second-order valence-corrected chi connectivity index (χ2v) is 5.50. The smallest absolute Gasteiger partial charge is 0.193 e. The first kappa shape index (κ1) is 16.9. The summed E-state index contributed by atoms with van der Waals surface area (Å²) in [5.41, 5.74) is 1.11. The van der Waals surface area contributed by atoms with Gasteiger partial charge < -0.3 is 19.9 Å². The van der Waals surface area contributed by atoms with Gasteiger partial charge >= 0.3 is 0 Å². The molecule has 6 heteroatoms. The van der Waals surface area contributed by atoms with Crippen molar-refractivity contribution in [3.63, 3.8) is 0 Å². The molecule has 1 saturated heterocycles. The van der Waals surface area contributed by atoms with Gasteiger partial charge in [-0.1, -0.05) is 23.7 Å². The van der Waals surface area contributed by atoms with Gasteiger partial charge in [0.05, 0.1) is 17.3 Å². The highest BCUT2D eigenvalue weighted by Crippen LogP contribution is 2.25. The first-order chi connectivity index (χ1) is 10.8. The molecule has 1 N–H and O–H groups in total. The minimum Gasteiger partial charge on any atom is -0.380 e. The molecular formula is C16H25ClN4O. The third-order valence-electron chi connectivity index (χ3n) is 3.72. The number of benzene rings is 1. The summed E-state index contributed by atoms with van der Waals surface area (Å²) in [5, 5.41) is 4.16. The maximum Gasteiger partial charge on any atom is 0.193 e. The third-order valence-corrected chi connectivity index (χ3v) is 4.04. The summed E-state index contributed by atoms with van der Waals surface area (Å²) in [5.74, 6) is 0.943. The topological polar surface area (TPSA) is 40.1 Å². The number of rotatable bonds is 5. The molecule has 2 rings (SSSR count). The number of nitrogens with zero attached hydrogens (tertiary/aromatic N) is 3. The Bertz CT molecular complexity index is 487. The highest BCUT2D eigenvalue weighted by Gasteiger charge is 2.20. The van der Waals surface area contributed by atoms with Crippen molar-refractivity contribution in [2.24, 2.45) is 4.99 Å². The zero-order valence-corrected chi connectivity index (χ0v) is 14.1. The van der Waals surface area contributed by atoms with Crippen molar-refractivity contribution >= 4 is 23.2 Å². The van der Waals surface area contributed by atoms with Crippen LogP contribution in [-0.2, 0) is 4.74 Å². The Morgan fingerprint density at radius 3 is 2.64 bits per heavy atom. The SMILES string of the molecule is CCOCCNC(=NC)N1CCN(c2ccccc2Cl)CC1. The van der Waals surface area contributed by atoms with Crippen LogP contribution >= 0.6 is 11.6 Å². The van der Waals surface area contributed by atoms with Crippen LogP contribution in [0.3, 0.4) is 0 Å². The van der Waals surface area contributed by atoms with E-state index in [2.05, 4.69) is 26.2 Å². The third kappa shape index (κ3) is 4.52. The molecule has 1 heterocycles. The van der Waals surface area contributed by atoms with Gasteiger partial charge in [-0.2, -0.15) is 0 Å². The van der Waals surface area contributed by atoms with Crippen LogP contribution in [0.5, 0.6) is 0 Å². The molecule has 0 saturated carbocycles. The number of hydrogen-bond acceptors (Lipinski definition) is 3. The Kier molecular flexibility index (Phi) is 6.80. The molecule has 122 valence electrons. The van der Waals surface area contributed by atoms with Gasteiger partial charge in [0, 0.05) is 46.4 Å². The van der Waals surface area contributed by atoms with Gasteiger partial charge in [0.2, 0.25) is 0 Å². The maximum absolute atomic E-state index is 6.28. The number of ether oxygens (including phenoxy) is 1. The maximum atomic E-state index is 6.28. The Morgan fingerprint density at radius 1 is 1.27 bits per heavy atom. The number of nitrogens with one attached hydrogen (secondary N) is 1. The van der Waals surface area contributed by atoms with Crippen LogP contribution in [0.2, 0.25) is 5.02 Å². The van der Waals surface area contributed by atoms with Gasteiger partial charge in [0.25, 0.3) is 0 Å². The molecule has 1 fully saturated rings. The van der Waals surface area contributed by atoms with Crippen LogP contribution in [0.4, 0.5) is 5.69 Å². The van der Waals surface area contributed by atoms with Crippen molar-refractivity contribution in [3.05, 3.63) is 29.3 Å². The number of guanidine groups is 1. The van der Waals surface area contributed by atoms with Crippen LogP contribution in [0, 0.1) is 0 Å². The number of aliphatic imine (C=N–C) groups is 1. The van der Waals surface area contributed by atoms with Gasteiger partial charge in [0.15, 0.2) is 5.96 Å². The standard InChI is InChI=1S/C16H25ClN4O/c1-3-22-13-8-19-16(18-2)21-11-9-20(10-12-21)15-7-5-4-6-14(15)17/h4-7H,3,8-13H2,1-2H3,(H,18,19). The van der Waals surface area contributed by atoms with E-state index in [9.17, 15) is 0 Å². The fourth-order valence-corrected chi connectivity index (χ4v) is 2.83. The molecule has 0 bridgehead atoms. The summed E-state index contributed by atoms with van der Waals surface area (Å²) in [6.07, 6.45) is 0. The molecular weight excluding hydrogens is 300 g/mol. The first-order valence-corrected chi connectivity index (χ1v) is 8.17. The highest BCUT2D eigenvalue weighted by molar-refractivity contribution is 6.33. The van der Waals surface area contributed by atoms with Crippen molar-refractivity contribution in [2.45, 2.75) is 6.92 Å². The first-order valence-electron chi connectivity index (χ1n) is 7.79. The van der Waals surface area contributed by atoms with Crippen molar-refractivity contribution in [1.82, 2.24) is 10.2 Å². The van der Waals surface area contributed by atoms with E-state index in [1.165, 1.54) is 0 Å². The molecule has 0 radical (unpaired) electrons. The van der Waals surface area contributed by atoms with E-state index in [0.29, 0.717) is 6.61 Å². The monoisotopic (exact) mass is 324 g/mol. The molecule has 5 nitrogen and oxygen atoms in total. The van der Waals surface area contributed by atoms with Crippen LogP contribution < -0.4 is 10.2 Å². The summed E-state index contributed by atoms with van der Waals surface area (Å²) in [6, 6.07) is 8.01. The average Bonchev–Trinajstić information content (AvgIpc) is 2.56. The number of para-hydroxylation sites is 1. The lowest BCUT2D eigenvalue weighted by atomic mass is 10.2.